The molecule has 110 valence electrons. The topological polar surface area (TPSA) is 29.3 Å². The van der Waals surface area contributed by atoms with Crippen LogP contribution in [0.5, 0.6) is 0 Å². The maximum Gasteiger partial charge on any atom is 0.0331 e. The highest BCUT2D eigenvalue weighted by Crippen LogP contribution is 2.49. The summed E-state index contributed by atoms with van der Waals surface area (Å²) in [7, 11) is 0. The highest BCUT2D eigenvalue weighted by Gasteiger charge is 2.43. The van der Waals surface area contributed by atoms with Gasteiger partial charge in [-0.25, -0.2) is 0 Å². The summed E-state index contributed by atoms with van der Waals surface area (Å²) in [5.74, 6) is 3.12. The first-order chi connectivity index (χ1) is 9.27. The average molecular weight is 264 g/mol. The van der Waals surface area contributed by atoms with Gasteiger partial charge in [-0.3, -0.25) is 4.90 Å². The number of fused-ring (bicyclic) bond motifs is 2. The molecule has 0 amide bonds. The van der Waals surface area contributed by atoms with E-state index in [9.17, 15) is 0 Å². The van der Waals surface area contributed by atoms with Crippen molar-refractivity contribution in [3.63, 3.8) is 0 Å². The van der Waals surface area contributed by atoms with Crippen molar-refractivity contribution in [2.45, 2.75) is 70.3 Å². The van der Waals surface area contributed by atoms with Gasteiger partial charge in [-0.1, -0.05) is 32.6 Å². The lowest BCUT2D eigenvalue weighted by atomic mass is 9.78. The van der Waals surface area contributed by atoms with E-state index in [2.05, 4.69) is 11.8 Å². The minimum Gasteiger partial charge on any atom is -0.329 e. The first-order valence-electron chi connectivity index (χ1n) is 8.72. The molecule has 19 heavy (non-hydrogen) atoms. The van der Waals surface area contributed by atoms with Crippen molar-refractivity contribution >= 4 is 0 Å². The monoisotopic (exact) mass is 264 g/mol. The molecule has 0 radical (unpaired) electrons. The third-order valence-electron chi connectivity index (χ3n) is 6.56. The van der Waals surface area contributed by atoms with E-state index in [0.717, 1.165) is 24.3 Å². The second kappa shape index (κ2) is 5.73. The summed E-state index contributed by atoms with van der Waals surface area (Å²) in [5, 5.41) is 0. The Morgan fingerprint density at radius 1 is 1.11 bits per heavy atom. The van der Waals surface area contributed by atoms with E-state index in [1.165, 1.54) is 70.9 Å². The SMILES string of the molecule is CCN(CC1CC2CCC1C2)C1(CN)CCCCC1. The summed E-state index contributed by atoms with van der Waals surface area (Å²) < 4.78 is 0. The molecule has 0 aromatic carbocycles. The molecule has 0 heterocycles. The van der Waals surface area contributed by atoms with Gasteiger partial charge < -0.3 is 5.73 Å². The second-order valence-electron chi connectivity index (χ2n) is 7.46. The number of likely N-dealkylation sites (N-methyl/N-ethyl adjacent to an activating group) is 1. The van der Waals surface area contributed by atoms with E-state index < -0.39 is 0 Å². The van der Waals surface area contributed by atoms with Crippen LogP contribution in [0.3, 0.4) is 0 Å². The van der Waals surface area contributed by atoms with Crippen molar-refractivity contribution < 1.29 is 0 Å². The average Bonchev–Trinajstić information content (AvgIpc) is 3.08. The smallest absolute Gasteiger partial charge is 0.0331 e. The standard InChI is InChI=1S/C17H32N2/c1-2-19(17(13-18)8-4-3-5-9-17)12-16-11-14-6-7-15(16)10-14/h14-16H,2-13,18H2,1H3. The maximum absolute atomic E-state index is 6.22. The van der Waals surface area contributed by atoms with Crippen LogP contribution >= 0.6 is 0 Å². The van der Waals surface area contributed by atoms with E-state index in [-0.39, 0.29) is 0 Å². The van der Waals surface area contributed by atoms with Gasteiger partial charge in [-0.2, -0.15) is 0 Å². The molecule has 0 aliphatic heterocycles. The lowest BCUT2D eigenvalue weighted by Gasteiger charge is -2.47. The molecule has 2 heteroatoms. The van der Waals surface area contributed by atoms with Gasteiger partial charge >= 0.3 is 0 Å². The van der Waals surface area contributed by atoms with Gasteiger partial charge in [0, 0.05) is 18.6 Å². The summed E-state index contributed by atoms with van der Waals surface area (Å²) in [5.41, 5.74) is 6.58. The fourth-order valence-corrected chi connectivity index (χ4v) is 5.40. The van der Waals surface area contributed by atoms with Crippen molar-refractivity contribution in [1.82, 2.24) is 4.90 Å². The Morgan fingerprint density at radius 2 is 1.89 bits per heavy atom. The third-order valence-corrected chi connectivity index (χ3v) is 6.56. The summed E-state index contributed by atoms with van der Waals surface area (Å²) in [4.78, 5) is 2.79. The third kappa shape index (κ3) is 2.58. The number of hydrogen-bond donors (Lipinski definition) is 1. The molecule has 2 bridgehead atoms. The maximum atomic E-state index is 6.22. The van der Waals surface area contributed by atoms with Crippen LogP contribution in [0.4, 0.5) is 0 Å². The van der Waals surface area contributed by atoms with Crippen LogP contribution in [0.1, 0.15) is 64.7 Å². The van der Waals surface area contributed by atoms with E-state index in [4.69, 9.17) is 5.73 Å². The van der Waals surface area contributed by atoms with Gasteiger partial charge in [0.25, 0.3) is 0 Å². The molecule has 0 saturated heterocycles. The molecule has 3 saturated carbocycles. The van der Waals surface area contributed by atoms with Crippen molar-refractivity contribution in [2.24, 2.45) is 23.5 Å². The van der Waals surface area contributed by atoms with Crippen molar-refractivity contribution in [3.8, 4) is 0 Å². The van der Waals surface area contributed by atoms with Crippen LogP contribution < -0.4 is 5.73 Å². The minimum atomic E-state index is 0.356. The Bertz CT molecular complexity index is 296. The van der Waals surface area contributed by atoms with Crippen LogP contribution in [-0.4, -0.2) is 30.1 Å². The van der Waals surface area contributed by atoms with Crippen molar-refractivity contribution in [3.05, 3.63) is 0 Å². The van der Waals surface area contributed by atoms with Crippen LogP contribution in [0.15, 0.2) is 0 Å². The van der Waals surface area contributed by atoms with Gasteiger partial charge in [-0.15, -0.1) is 0 Å². The quantitative estimate of drug-likeness (QED) is 0.824. The van der Waals surface area contributed by atoms with Crippen LogP contribution in [0, 0.1) is 17.8 Å². The molecule has 3 rings (SSSR count). The van der Waals surface area contributed by atoms with E-state index in [1.54, 1.807) is 0 Å². The molecule has 3 aliphatic rings. The molecule has 3 fully saturated rings. The van der Waals surface area contributed by atoms with Crippen LogP contribution in [-0.2, 0) is 0 Å². The van der Waals surface area contributed by atoms with Crippen molar-refractivity contribution in [1.29, 1.82) is 0 Å². The van der Waals surface area contributed by atoms with E-state index >= 15 is 0 Å². The normalized spacial score (nSPS) is 37.1. The Kier molecular flexibility index (Phi) is 4.19. The Balaban J connectivity index is 1.65. The minimum absolute atomic E-state index is 0.356. The molecule has 2 nitrogen and oxygen atoms in total. The fraction of sp³-hybridized carbons (Fsp3) is 1.00. The number of rotatable bonds is 5. The molecular formula is C17H32N2. The summed E-state index contributed by atoms with van der Waals surface area (Å²) in [6, 6.07) is 0. The van der Waals surface area contributed by atoms with Gasteiger partial charge in [0.05, 0.1) is 0 Å². The zero-order valence-corrected chi connectivity index (χ0v) is 12.7. The molecule has 0 spiro atoms. The predicted octanol–water partition coefficient (Wildman–Crippen LogP) is 3.41. The zero-order valence-electron chi connectivity index (χ0n) is 12.7. The summed E-state index contributed by atoms with van der Waals surface area (Å²) >= 11 is 0. The highest BCUT2D eigenvalue weighted by atomic mass is 15.2. The fourth-order valence-electron chi connectivity index (χ4n) is 5.40. The molecule has 3 atom stereocenters. The lowest BCUT2D eigenvalue weighted by molar-refractivity contribution is 0.0385. The number of nitrogens with two attached hydrogens (primary N) is 1. The predicted molar refractivity (Wildman–Crippen MR) is 81.1 cm³/mol. The zero-order chi connectivity index (χ0) is 13.3. The van der Waals surface area contributed by atoms with Crippen molar-refractivity contribution in [2.75, 3.05) is 19.6 Å². The molecule has 0 aromatic heterocycles. The van der Waals surface area contributed by atoms with Crippen LogP contribution in [0.25, 0.3) is 0 Å². The van der Waals surface area contributed by atoms with Crippen LogP contribution in [0.2, 0.25) is 0 Å². The largest absolute Gasteiger partial charge is 0.329 e. The van der Waals surface area contributed by atoms with E-state index in [1.807, 2.05) is 0 Å². The van der Waals surface area contributed by atoms with Gasteiger partial charge in [-0.05, 0) is 56.4 Å². The van der Waals surface area contributed by atoms with Gasteiger partial charge in [0.1, 0.15) is 0 Å². The van der Waals surface area contributed by atoms with Gasteiger partial charge in [0.2, 0.25) is 0 Å². The molecule has 0 aromatic rings. The molecule has 3 unspecified atom stereocenters. The van der Waals surface area contributed by atoms with Gasteiger partial charge in [0.15, 0.2) is 0 Å². The summed E-state index contributed by atoms with van der Waals surface area (Å²) in [6.45, 7) is 5.76. The molecule has 3 aliphatic carbocycles. The highest BCUT2D eigenvalue weighted by molar-refractivity contribution is 4.97. The molecular weight excluding hydrogens is 232 g/mol. The van der Waals surface area contributed by atoms with E-state index in [0.29, 0.717) is 5.54 Å². The molecule has 2 N–H and O–H groups in total. The first-order valence-corrected chi connectivity index (χ1v) is 8.72. The Labute approximate surface area is 119 Å². The Morgan fingerprint density at radius 3 is 2.42 bits per heavy atom. The first kappa shape index (κ1) is 13.9. The Hall–Kier alpha value is -0.0800. The number of nitrogens with zero attached hydrogens (tertiary/aromatic N) is 1. The lowest BCUT2D eigenvalue weighted by Crippen LogP contribution is -2.56. The summed E-state index contributed by atoms with van der Waals surface area (Å²) in [6.07, 6.45) is 13.0. The second-order valence-corrected chi connectivity index (χ2v) is 7.46. The number of hydrogen-bond acceptors (Lipinski definition) is 2.